The number of unbranched alkanes of at least 4 members (excludes halogenated alkanes) is 1. The van der Waals surface area contributed by atoms with Gasteiger partial charge in [0.2, 0.25) is 0 Å². The number of aromatic hydroxyl groups is 2. The SMILES string of the molecule is O=C(CCCCC(=O)Oc1cccc(O)c1)Oc1cccc(O)c1. The van der Waals surface area contributed by atoms with E-state index in [4.69, 9.17) is 9.47 Å². The van der Waals surface area contributed by atoms with Crippen LogP contribution in [0, 0.1) is 0 Å². The minimum atomic E-state index is -0.429. The highest BCUT2D eigenvalue weighted by atomic mass is 16.5. The molecule has 0 saturated carbocycles. The third-order valence-corrected chi connectivity index (χ3v) is 3.11. The molecule has 0 bridgehead atoms. The van der Waals surface area contributed by atoms with Crippen molar-refractivity contribution in [1.82, 2.24) is 0 Å². The maximum absolute atomic E-state index is 11.6. The number of benzene rings is 2. The molecule has 0 spiro atoms. The highest BCUT2D eigenvalue weighted by Crippen LogP contribution is 2.19. The molecular formula is C18H18O6. The molecule has 2 N–H and O–H groups in total. The summed E-state index contributed by atoms with van der Waals surface area (Å²) in [6.07, 6.45) is 1.28. The molecule has 0 saturated heterocycles. The van der Waals surface area contributed by atoms with Crippen LogP contribution in [0.4, 0.5) is 0 Å². The summed E-state index contributed by atoms with van der Waals surface area (Å²) in [4.78, 5) is 23.3. The number of carbonyl (C=O) groups excluding carboxylic acids is 2. The minimum Gasteiger partial charge on any atom is -0.508 e. The number of carbonyl (C=O) groups is 2. The molecule has 0 fully saturated rings. The first-order chi connectivity index (χ1) is 11.5. The Bertz CT molecular complexity index is 649. The maximum Gasteiger partial charge on any atom is 0.311 e. The summed E-state index contributed by atoms with van der Waals surface area (Å²) >= 11 is 0. The van der Waals surface area contributed by atoms with E-state index in [2.05, 4.69) is 0 Å². The van der Waals surface area contributed by atoms with E-state index in [-0.39, 0.29) is 35.8 Å². The van der Waals surface area contributed by atoms with Crippen molar-refractivity contribution in [2.45, 2.75) is 25.7 Å². The lowest BCUT2D eigenvalue weighted by molar-refractivity contribution is -0.136. The fraction of sp³-hybridized carbons (Fsp3) is 0.222. The third-order valence-electron chi connectivity index (χ3n) is 3.11. The topological polar surface area (TPSA) is 93.1 Å². The zero-order valence-corrected chi connectivity index (χ0v) is 13.0. The van der Waals surface area contributed by atoms with E-state index in [1.165, 1.54) is 24.3 Å². The standard InChI is InChI=1S/C18H18O6/c19-13-5-3-7-15(11-13)23-17(21)9-1-2-10-18(22)24-16-8-4-6-14(20)12-16/h3-8,11-12,19-20H,1-2,9-10H2. The molecule has 0 unspecified atom stereocenters. The Morgan fingerprint density at radius 3 is 1.54 bits per heavy atom. The predicted molar refractivity (Wildman–Crippen MR) is 86.0 cm³/mol. The van der Waals surface area contributed by atoms with E-state index in [0.717, 1.165) is 0 Å². The van der Waals surface area contributed by atoms with Crippen LogP contribution in [0.2, 0.25) is 0 Å². The summed E-state index contributed by atoms with van der Waals surface area (Å²) in [5.74, 6) is -0.250. The van der Waals surface area contributed by atoms with Crippen LogP contribution in [0.25, 0.3) is 0 Å². The van der Waals surface area contributed by atoms with Crippen LogP contribution < -0.4 is 9.47 Å². The molecule has 24 heavy (non-hydrogen) atoms. The van der Waals surface area contributed by atoms with E-state index in [0.29, 0.717) is 12.8 Å². The van der Waals surface area contributed by atoms with Crippen molar-refractivity contribution in [3.8, 4) is 23.0 Å². The van der Waals surface area contributed by atoms with Gasteiger partial charge in [-0.15, -0.1) is 0 Å². The Morgan fingerprint density at radius 2 is 1.17 bits per heavy atom. The quantitative estimate of drug-likeness (QED) is 0.460. The Morgan fingerprint density at radius 1 is 0.750 bits per heavy atom. The summed E-state index contributed by atoms with van der Waals surface area (Å²) in [6, 6.07) is 12.0. The number of hydrogen-bond donors (Lipinski definition) is 2. The molecule has 0 aliphatic rings. The maximum atomic E-state index is 11.6. The summed E-state index contributed by atoms with van der Waals surface area (Å²) in [5.41, 5.74) is 0. The number of rotatable bonds is 7. The number of phenolic OH excluding ortho intramolecular Hbond substituents is 2. The molecule has 0 aromatic heterocycles. The first-order valence-corrected chi connectivity index (χ1v) is 7.52. The largest absolute Gasteiger partial charge is 0.508 e. The first-order valence-electron chi connectivity index (χ1n) is 7.52. The lowest BCUT2D eigenvalue weighted by Crippen LogP contribution is -2.10. The first kappa shape index (κ1) is 17.3. The van der Waals surface area contributed by atoms with Gasteiger partial charge in [-0.3, -0.25) is 9.59 Å². The van der Waals surface area contributed by atoms with Gasteiger partial charge in [0, 0.05) is 25.0 Å². The molecule has 0 aliphatic heterocycles. The van der Waals surface area contributed by atoms with Crippen molar-refractivity contribution in [3.63, 3.8) is 0 Å². The minimum absolute atomic E-state index is 0.0231. The summed E-state index contributed by atoms with van der Waals surface area (Å²) in [6.45, 7) is 0. The van der Waals surface area contributed by atoms with Crippen molar-refractivity contribution in [2.24, 2.45) is 0 Å². The van der Waals surface area contributed by atoms with Crippen LogP contribution in [0.1, 0.15) is 25.7 Å². The van der Waals surface area contributed by atoms with Crippen molar-refractivity contribution >= 4 is 11.9 Å². The molecule has 2 aromatic carbocycles. The highest BCUT2D eigenvalue weighted by Gasteiger charge is 2.08. The lowest BCUT2D eigenvalue weighted by Gasteiger charge is -2.05. The van der Waals surface area contributed by atoms with Gasteiger partial charge < -0.3 is 19.7 Å². The van der Waals surface area contributed by atoms with Crippen LogP contribution >= 0.6 is 0 Å². The fourth-order valence-electron chi connectivity index (χ4n) is 2.00. The number of hydrogen-bond acceptors (Lipinski definition) is 6. The fourth-order valence-corrected chi connectivity index (χ4v) is 2.00. The predicted octanol–water partition coefficient (Wildman–Crippen LogP) is 3.17. The number of ether oxygens (including phenoxy) is 2. The molecule has 6 heteroatoms. The monoisotopic (exact) mass is 330 g/mol. The van der Waals surface area contributed by atoms with Gasteiger partial charge in [0.15, 0.2) is 0 Å². The number of phenols is 2. The van der Waals surface area contributed by atoms with E-state index in [9.17, 15) is 19.8 Å². The average molecular weight is 330 g/mol. The van der Waals surface area contributed by atoms with Gasteiger partial charge in [-0.05, 0) is 37.1 Å². The van der Waals surface area contributed by atoms with Crippen LogP contribution in [0.3, 0.4) is 0 Å². The van der Waals surface area contributed by atoms with Crippen LogP contribution in [0.5, 0.6) is 23.0 Å². The van der Waals surface area contributed by atoms with Crippen molar-refractivity contribution < 1.29 is 29.3 Å². The Kier molecular flexibility index (Phi) is 6.19. The lowest BCUT2D eigenvalue weighted by atomic mass is 10.2. The van der Waals surface area contributed by atoms with Gasteiger partial charge in [0.25, 0.3) is 0 Å². The molecule has 2 aromatic rings. The van der Waals surface area contributed by atoms with Crippen molar-refractivity contribution in [3.05, 3.63) is 48.5 Å². The summed E-state index contributed by atoms with van der Waals surface area (Å²) < 4.78 is 10.1. The molecule has 0 atom stereocenters. The normalized spacial score (nSPS) is 10.2. The molecular weight excluding hydrogens is 312 g/mol. The molecule has 126 valence electrons. The van der Waals surface area contributed by atoms with Crippen LogP contribution in [-0.4, -0.2) is 22.2 Å². The smallest absolute Gasteiger partial charge is 0.311 e. The number of esters is 2. The average Bonchev–Trinajstić information content (AvgIpc) is 2.51. The van der Waals surface area contributed by atoms with Crippen LogP contribution in [0.15, 0.2) is 48.5 Å². The molecule has 2 rings (SSSR count). The second-order valence-corrected chi connectivity index (χ2v) is 5.15. The van der Waals surface area contributed by atoms with Crippen LogP contribution in [-0.2, 0) is 9.59 Å². The molecule has 0 radical (unpaired) electrons. The Hall–Kier alpha value is -3.02. The zero-order chi connectivity index (χ0) is 17.4. The van der Waals surface area contributed by atoms with Gasteiger partial charge >= 0.3 is 11.9 Å². The third kappa shape index (κ3) is 6.00. The van der Waals surface area contributed by atoms with Crippen molar-refractivity contribution in [2.75, 3.05) is 0 Å². The summed E-state index contributed by atoms with van der Waals surface area (Å²) in [5, 5.41) is 18.6. The van der Waals surface area contributed by atoms with E-state index >= 15 is 0 Å². The Balaban J connectivity index is 1.65. The van der Waals surface area contributed by atoms with E-state index in [1.807, 2.05) is 0 Å². The van der Waals surface area contributed by atoms with Crippen molar-refractivity contribution in [1.29, 1.82) is 0 Å². The van der Waals surface area contributed by atoms with E-state index < -0.39 is 11.9 Å². The van der Waals surface area contributed by atoms with Gasteiger partial charge in [0.1, 0.15) is 23.0 Å². The zero-order valence-electron chi connectivity index (χ0n) is 13.0. The van der Waals surface area contributed by atoms with Gasteiger partial charge in [-0.25, -0.2) is 0 Å². The second-order valence-electron chi connectivity index (χ2n) is 5.15. The second kappa shape index (κ2) is 8.57. The molecule has 0 heterocycles. The molecule has 0 amide bonds. The summed E-state index contributed by atoms with van der Waals surface area (Å²) in [7, 11) is 0. The van der Waals surface area contributed by atoms with Gasteiger partial charge in [-0.1, -0.05) is 12.1 Å². The Labute approximate surface area is 139 Å². The highest BCUT2D eigenvalue weighted by molar-refractivity contribution is 5.73. The van der Waals surface area contributed by atoms with E-state index in [1.54, 1.807) is 24.3 Å². The van der Waals surface area contributed by atoms with Gasteiger partial charge in [-0.2, -0.15) is 0 Å². The van der Waals surface area contributed by atoms with Gasteiger partial charge in [0.05, 0.1) is 0 Å². The molecule has 6 nitrogen and oxygen atoms in total. The molecule has 0 aliphatic carbocycles.